The zero-order valence-corrected chi connectivity index (χ0v) is 20.2. The fourth-order valence-electron chi connectivity index (χ4n) is 5.13. The number of nitrogens with zero attached hydrogens (tertiary/aromatic N) is 6. The molecule has 38 heavy (non-hydrogen) atoms. The first kappa shape index (κ1) is 22.6. The van der Waals surface area contributed by atoms with Crippen LogP contribution >= 0.6 is 0 Å². The highest BCUT2D eigenvalue weighted by atomic mass is 19.3. The highest BCUT2D eigenvalue weighted by Crippen LogP contribution is 2.34. The van der Waals surface area contributed by atoms with E-state index in [-0.39, 0.29) is 13.0 Å². The van der Waals surface area contributed by atoms with Crippen LogP contribution in [0.2, 0.25) is 0 Å². The van der Waals surface area contributed by atoms with Crippen molar-refractivity contribution >= 4 is 22.1 Å². The Kier molecular flexibility index (Phi) is 5.22. The lowest BCUT2D eigenvalue weighted by Gasteiger charge is -2.15. The van der Waals surface area contributed by atoms with E-state index in [2.05, 4.69) is 35.1 Å². The molecule has 0 amide bonds. The molecule has 1 aliphatic rings. The van der Waals surface area contributed by atoms with Crippen molar-refractivity contribution in [1.82, 2.24) is 40.0 Å². The molecule has 6 aromatic heterocycles. The van der Waals surface area contributed by atoms with Crippen molar-refractivity contribution in [2.24, 2.45) is 0 Å². The molecule has 7 rings (SSSR count). The maximum Gasteiger partial charge on any atom is 0.261 e. The maximum absolute atomic E-state index is 13.6. The molecule has 0 unspecified atom stereocenters. The number of aromatic nitrogens is 7. The second-order valence-electron chi connectivity index (χ2n) is 9.64. The summed E-state index contributed by atoms with van der Waals surface area (Å²) in [6, 6.07) is 12.0. The molecule has 0 atom stereocenters. The summed E-state index contributed by atoms with van der Waals surface area (Å²) in [5, 5.41) is 9.38. The van der Waals surface area contributed by atoms with Gasteiger partial charge in [0.25, 0.3) is 5.92 Å². The van der Waals surface area contributed by atoms with Gasteiger partial charge in [0.1, 0.15) is 11.3 Å². The number of H-pyrrole nitrogens is 2. The number of aromatic amines is 2. The summed E-state index contributed by atoms with van der Waals surface area (Å²) in [4.78, 5) is 22.9. The molecule has 6 aromatic rings. The fraction of sp³-hybridized carbons (Fsp3) is 0.179. The first-order valence-corrected chi connectivity index (χ1v) is 12.3. The Morgan fingerprint density at radius 3 is 2.61 bits per heavy atom. The van der Waals surface area contributed by atoms with Crippen molar-refractivity contribution in [2.45, 2.75) is 18.9 Å². The molecule has 10 heteroatoms. The minimum Gasteiger partial charge on any atom is -0.338 e. The standard InChI is InChI=1S/C28H22F2N8/c29-28(30)4-7-38(16-28)15-17-8-19(13-32-11-17)20-9-23-25(36-37-27(23)34-14-20)24-10-22-21(3-6-33-26(22)35-24)18-2-1-5-31-12-18/h1-3,5-6,8-14H,4,7,15-16H2,(H,33,35)(H,34,36,37). The lowest BCUT2D eigenvalue weighted by Crippen LogP contribution is -2.24. The number of nitrogens with one attached hydrogen (secondary N) is 2. The van der Waals surface area contributed by atoms with Gasteiger partial charge in [0.2, 0.25) is 0 Å². The number of alkyl halides is 2. The molecule has 8 nitrogen and oxygen atoms in total. The highest BCUT2D eigenvalue weighted by molar-refractivity contribution is 5.99. The summed E-state index contributed by atoms with van der Waals surface area (Å²) in [5.74, 6) is -2.62. The van der Waals surface area contributed by atoms with Crippen molar-refractivity contribution in [3.05, 3.63) is 79.1 Å². The van der Waals surface area contributed by atoms with E-state index in [1.807, 2.05) is 42.6 Å². The van der Waals surface area contributed by atoms with Crippen LogP contribution in [0.1, 0.15) is 12.0 Å². The van der Waals surface area contributed by atoms with Gasteiger partial charge in [-0.2, -0.15) is 5.10 Å². The van der Waals surface area contributed by atoms with Crippen LogP contribution in [0, 0.1) is 0 Å². The minimum atomic E-state index is -2.62. The lowest BCUT2D eigenvalue weighted by atomic mass is 10.0. The van der Waals surface area contributed by atoms with Gasteiger partial charge in [-0.25, -0.2) is 18.7 Å². The molecule has 188 valence electrons. The number of halogens is 2. The van der Waals surface area contributed by atoms with Crippen molar-refractivity contribution in [1.29, 1.82) is 0 Å². The molecule has 0 radical (unpaired) electrons. The largest absolute Gasteiger partial charge is 0.338 e. The third kappa shape index (κ3) is 4.08. The Hall–Kier alpha value is -4.57. The predicted molar refractivity (Wildman–Crippen MR) is 140 cm³/mol. The average molecular weight is 509 g/mol. The van der Waals surface area contributed by atoms with Crippen LogP contribution in [-0.2, 0) is 6.54 Å². The van der Waals surface area contributed by atoms with E-state index in [0.717, 1.165) is 55.6 Å². The summed E-state index contributed by atoms with van der Waals surface area (Å²) in [7, 11) is 0. The number of pyridine rings is 4. The second-order valence-corrected chi connectivity index (χ2v) is 9.64. The minimum absolute atomic E-state index is 0.100. The number of fused-ring (bicyclic) bond motifs is 2. The molecule has 0 aliphatic carbocycles. The summed E-state index contributed by atoms with van der Waals surface area (Å²) in [5.41, 5.74) is 7.62. The van der Waals surface area contributed by atoms with Gasteiger partial charge < -0.3 is 4.98 Å². The fourth-order valence-corrected chi connectivity index (χ4v) is 5.13. The van der Waals surface area contributed by atoms with E-state index in [1.54, 1.807) is 35.9 Å². The molecule has 0 bridgehead atoms. The Balaban J connectivity index is 1.24. The molecule has 0 aromatic carbocycles. The van der Waals surface area contributed by atoms with Crippen molar-refractivity contribution in [3.8, 4) is 33.6 Å². The van der Waals surface area contributed by atoms with Gasteiger partial charge in [0.05, 0.1) is 12.2 Å². The SMILES string of the molecule is FC1(F)CCN(Cc2cncc(-c3cnc4[nH]nc(-c5cc6c(-c7cccnc7)ccnc6[nH]5)c4c3)c2)C1. The Morgan fingerprint density at radius 2 is 1.76 bits per heavy atom. The molecule has 0 saturated carbocycles. The van der Waals surface area contributed by atoms with Crippen molar-refractivity contribution < 1.29 is 8.78 Å². The zero-order valence-electron chi connectivity index (χ0n) is 20.2. The molecular weight excluding hydrogens is 486 g/mol. The van der Waals surface area contributed by atoms with E-state index in [1.165, 1.54) is 0 Å². The highest BCUT2D eigenvalue weighted by Gasteiger charge is 2.37. The van der Waals surface area contributed by atoms with E-state index < -0.39 is 5.92 Å². The normalized spacial score (nSPS) is 15.5. The molecule has 1 aliphatic heterocycles. The van der Waals surface area contributed by atoms with Crippen LogP contribution in [0.4, 0.5) is 8.78 Å². The predicted octanol–water partition coefficient (Wildman–Crippen LogP) is 5.47. The van der Waals surface area contributed by atoms with E-state index in [9.17, 15) is 8.78 Å². The monoisotopic (exact) mass is 508 g/mol. The van der Waals surface area contributed by atoms with Gasteiger partial charge in [-0.15, -0.1) is 0 Å². The van der Waals surface area contributed by atoms with Gasteiger partial charge in [0, 0.05) is 84.2 Å². The molecule has 0 spiro atoms. The van der Waals surface area contributed by atoms with Crippen LogP contribution in [0.25, 0.3) is 55.7 Å². The Morgan fingerprint density at radius 1 is 0.868 bits per heavy atom. The molecule has 2 N–H and O–H groups in total. The van der Waals surface area contributed by atoms with Crippen LogP contribution in [0.15, 0.2) is 73.6 Å². The Labute approximate surface area is 215 Å². The molecular formula is C28H22F2N8. The summed E-state index contributed by atoms with van der Waals surface area (Å²) in [6.07, 6.45) is 10.5. The van der Waals surface area contributed by atoms with E-state index in [0.29, 0.717) is 18.7 Å². The van der Waals surface area contributed by atoms with Gasteiger partial charge in [-0.3, -0.25) is 20.0 Å². The number of likely N-dealkylation sites (tertiary alicyclic amines) is 1. The van der Waals surface area contributed by atoms with E-state index >= 15 is 0 Å². The van der Waals surface area contributed by atoms with Gasteiger partial charge in [-0.1, -0.05) is 6.07 Å². The van der Waals surface area contributed by atoms with Gasteiger partial charge >= 0.3 is 0 Å². The summed E-state index contributed by atoms with van der Waals surface area (Å²) >= 11 is 0. The zero-order chi connectivity index (χ0) is 25.7. The average Bonchev–Trinajstić information content (AvgIpc) is 3.64. The van der Waals surface area contributed by atoms with Crippen molar-refractivity contribution in [3.63, 3.8) is 0 Å². The van der Waals surface area contributed by atoms with Crippen LogP contribution in [0.5, 0.6) is 0 Å². The van der Waals surface area contributed by atoms with Gasteiger partial charge in [0.15, 0.2) is 5.65 Å². The number of hydrogen-bond acceptors (Lipinski definition) is 6. The molecule has 1 saturated heterocycles. The van der Waals surface area contributed by atoms with Crippen LogP contribution in [0.3, 0.4) is 0 Å². The van der Waals surface area contributed by atoms with Crippen LogP contribution < -0.4 is 0 Å². The first-order valence-electron chi connectivity index (χ1n) is 12.3. The third-order valence-corrected chi connectivity index (χ3v) is 6.96. The topological polar surface area (TPSA) is 99.3 Å². The first-order chi connectivity index (χ1) is 18.5. The Bertz CT molecular complexity index is 1780. The lowest BCUT2D eigenvalue weighted by molar-refractivity contribution is 0.0115. The second kappa shape index (κ2) is 8.77. The third-order valence-electron chi connectivity index (χ3n) is 6.96. The number of hydrogen-bond donors (Lipinski definition) is 2. The summed E-state index contributed by atoms with van der Waals surface area (Å²) in [6.45, 7) is 0.598. The maximum atomic E-state index is 13.6. The van der Waals surface area contributed by atoms with Crippen molar-refractivity contribution in [2.75, 3.05) is 13.1 Å². The van der Waals surface area contributed by atoms with Crippen LogP contribution in [-0.4, -0.2) is 59.0 Å². The molecule has 7 heterocycles. The van der Waals surface area contributed by atoms with Gasteiger partial charge in [-0.05, 0) is 41.5 Å². The summed E-state index contributed by atoms with van der Waals surface area (Å²) < 4.78 is 27.3. The van der Waals surface area contributed by atoms with E-state index in [4.69, 9.17) is 0 Å². The quantitative estimate of drug-likeness (QED) is 0.321. The smallest absolute Gasteiger partial charge is 0.261 e. The molecule has 1 fully saturated rings. The number of rotatable bonds is 5.